The van der Waals surface area contributed by atoms with Crippen LogP contribution in [-0.2, 0) is 0 Å². The highest BCUT2D eigenvalue weighted by Gasteiger charge is 2.37. The molecule has 0 amide bonds. The Hall–Kier alpha value is -3.05. The zero-order valence-corrected chi connectivity index (χ0v) is 16.0. The van der Waals surface area contributed by atoms with E-state index in [1.807, 2.05) is 17.2 Å². The van der Waals surface area contributed by atoms with E-state index in [4.69, 9.17) is 11.5 Å². The number of allylic oxidation sites excluding steroid dienone is 1. The maximum atomic E-state index is 12.8. The number of terminal acetylenes is 1. The number of benzene rings is 1. The average molecular weight is 393 g/mol. The van der Waals surface area contributed by atoms with Crippen molar-refractivity contribution in [3.63, 3.8) is 0 Å². The second-order valence-electron chi connectivity index (χ2n) is 7.42. The number of aliphatic hydroxyl groups excluding tert-OH is 1. The summed E-state index contributed by atoms with van der Waals surface area (Å²) in [6.07, 6.45) is 12.3. The van der Waals surface area contributed by atoms with Gasteiger partial charge in [0.25, 0.3) is 0 Å². The van der Waals surface area contributed by atoms with Gasteiger partial charge in [0.05, 0.1) is 23.7 Å². The minimum atomic E-state index is -0.975. The standard InChI is InChI=1S/C22H23N3O4/c1-2-10-24(16-8-6-15(7-9-16)22(27)28)20-11-21-19(17-4-3-5-18(17)20)12-23(14-26)13-25(21)29/h1,6-9,11-12,20,25-26H,3-5,10,13-14H2,(H,27,28). The second kappa shape index (κ2) is 7.76. The zero-order chi connectivity index (χ0) is 20.5. The van der Waals surface area contributed by atoms with Crippen molar-refractivity contribution in [2.24, 2.45) is 0 Å². The SMILES string of the molecule is C#CCN(c1ccc(C(=O)O)cc1)C1C=C2C(=CN(CO)C[NH+]2[O-])C2=C1CCC2. The number of hydrogen-bond donors (Lipinski definition) is 3. The van der Waals surface area contributed by atoms with E-state index < -0.39 is 5.97 Å². The van der Waals surface area contributed by atoms with E-state index in [0.717, 1.165) is 30.5 Å². The summed E-state index contributed by atoms with van der Waals surface area (Å²) in [7, 11) is 0. The van der Waals surface area contributed by atoms with Crippen LogP contribution in [0.3, 0.4) is 0 Å². The van der Waals surface area contributed by atoms with E-state index in [2.05, 4.69) is 5.92 Å². The number of carboxylic acid groups (broad SMARTS) is 1. The summed E-state index contributed by atoms with van der Waals surface area (Å²) >= 11 is 0. The van der Waals surface area contributed by atoms with Gasteiger partial charge in [0.1, 0.15) is 12.4 Å². The lowest BCUT2D eigenvalue weighted by Crippen LogP contribution is -3.08. The van der Waals surface area contributed by atoms with E-state index >= 15 is 0 Å². The monoisotopic (exact) mass is 393 g/mol. The third-order valence-corrected chi connectivity index (χ3v) is 5.74. The number of anilines is 1. The quantitative estimate of drug-likeness (QED) is 0.512. The van der Waals surface area contributed by atoms with Crippen LogP contribution in [0.15, 0.2) is 59.0 Å². The molecule has 2 atom stereocenters. The van der Waals surface area contributed by atoms with Gasteiger partial charge in [-0.2, -0.15) is 0 Å². The van der Waals surface area contributed by atoms with Gasteiger partial charge < -0.3 is 30.3 Å². The fourth-order valence-electron chi connectivity index (χ4n) is 4.41. The molecule has 2 unspecified atom stereocenters. The highest BCUT2D eigenvalue weighted by Crippen LogP contribution is 2.42. The second-order valence-corrected chi connectivity index (χ2v) is 7.42. The summed E-state index contributed by atoms with van der Waals surface area (Å²) in [5.74, 6) is 1.72. The molecule has 150 valence electrons. The van der Waals surface area contributed by atoms with Crippen LogP contribution in [0.5, 0.6) is 0 Å². The normalized spacial score (nSPS) is 23.0. The molecule has 7 heteroatoms. The topological polar surface area (TPSA) is 91.5 Å². The molecule has 1 heterocycles. The first-order chi connectivity index (χ1) is 14.0. The Balaban J connectivity index is 1.77. The first-order valence-electron chi connectivity index (χ1n) is 9.61. The summed E-state index contributed by atoms with van der Waals surface area (Å²) in [6, 6.07) is 6.51. The van der Waals surface area contributed by atoms with Gasteiger partial charge in [0, 0.05) is 18.0 Å². The van der Waals surface area contributed by atoms with Crippen molar-refractivity contribution in [1.82, 2.24) is 4.90 Å². The van der Waals surface area contributed by atoms with Crippen LogP contribution in [0.2, 0.25) is 0 Å². The minimum absolute atomic E-state index is 0.0121. The van der Waals surface area contributed by atoms with Gasteiger partial charge in [-0.1, -0.05) is 5.92 Å². The van der Waals surface area contributed by atoms with Gasteiger partial charge in [-0.3, -0.25) is 0 Å². The summed E-state index contributed by atoms with van der Waals surface area (Å²) in [5, 5.41) is 31.4. The molecule has 0 saturated heterocycles. The fourth-order valence-corrected chi connectivity index (χ4v) is 4.41. The molecular weight excluding hydrogens is 370 g/mol. The van der Waals surface area contributed by atoms with Crippen molar-refractivity contribution in [3.8, 4) is 12.3 Å². The lowest BCUT2D eigenvalue weighted by Gasteiger charge is -2.41. The van der Waals surface area contributed by atoms with Crippen LogP contribution in [0.25, 0.3) is 0 Å². The number of aromatic carboxylic acids is 1. The number of hydrogen-bond acceptors (Lipinski definition) is 5. The van der Waals surface area contributed by atoms with Crippen LogP contribution in [0, 0.1) is 17.6 Å². The predicted octanol–water partition coefficient (Wildman–Crippen LogP) is 1.06. The molecule has 0 bridgehead atoms. The lowest BCUT2D eigenvalue weighted by molar-refractivity contribution is -0.818. The van der Waals surface area contributed by atoms with E-state index in [0.29, 0.717) is 12.2 Å². The number of rotatable bonds is 5. The number of nitrogens with zero attached hydrogens (tertiary/aromatic N) is 2. The Labute approximate surface area is 169 Å². The predicted molar refractivity (Wildman–Crippen MR) is 109 cm³/mol. The highest BCUT2D eigenvalue weighted by atomic mass is 16.5. The number of carbonyl (C=O) groups is 1. The van der Waals surface area contributed by atoms with Crippen molar-refractivity contribution in [2.75, 3.05) is 24.8 Å². The smallest absolute Gasteiger partial charge is 0.335 e. The molecule has 1 aromatic rings. The molecule has 2 aliphatic carbocycles. The molecule has 0 aromatic heterocycles. The van der Waals surface area contributed by atoms with Crippen LogP contribution in [-0.4, -0.2) is 47.1 Å². The Morgan fingerprint density at radius 1 is 1.34 bits per heavy atom. The van der Waals surface area contributed by atoms with E-state index in [1.54, 1.807) is 29.2 Å². The number of hydroxylamine groups is 2. The van der Waals surface area contributed by atoms with Gasteiger partial charge in [0.2, 0.25) is 0 Å². The number of nitrogens with one attached hydrogen (secondary N) is 1. The maximum Gasteiger partial charge on any atom is 0.335 e. The first kappa shape index (κ1) is 19.3. The summed E-state index contributed by atoms with van der Waals surface area (Å²) in [4.78, 5) is 14.8. The van der Waals surface area contributed by atoms with Gasteiger partial charge in [-0.15, -0.1) is 6.42 Å². The molecule has 4 rings (SSSR count). The van der Waals surface area contributed by atoms with Crippen molar-refractivity contribution < 1.29 is 20.1 Å². The summed E-state index contributed by atoms with van der Waals surface area (Å²) in [6.45, 7) is 0.310. The molecule has 0 spiro atoms. The largest absolute Gasteiger partial charge is 0.628 e. The molecule has 3 aliphatic rings. The molecular formula is C22H23N3O4. The Morgan fingerprint density at radius 2 is 2.10 bits per heavy atom. The molecule has 0 saturated carbocycles. The van der Waals surface area contributed by atoms with E-state index in [9.17, 15) is 15.1 Å². The number of aliphatic hydroxyl groups is 1. The Bertz CT molecular complexity index is 955. The van der Waals surface area contributed by atoms with Crippen molar-refractivity contribution in [1.29, 1.82) is 0 Å². The minimum Gasteiger partial charge on any atom is -0.628 e. The summed E-state index contributed by atoms with van der Waals surface area (Å²) < 4.78 is 0. The van der Waals surface area contributed by atoms with Crippen LogP contribution in [0.4, 0.5) is 5.69 Å². The molecule has 7 nitrogen and oxygen atoms in total. The molecule has 1 aliphatic heterocycles. The molecule has 3 N–H and O–H groups in total. The number of carboxylic acids is 1. The van der Waals surface area contributed by atoms with Gasteiger partial charge in [0.15, 0.2) is 6.67 Å². The van der Waals surface area contributed by atoms with E-state index in [-0.39, 0.29) is 30.1 Å². The van der Waals surface area contributed by atoms with Crippen molar-refractivity contribution >= 4 is 11.7 Å². The van der Waals surface area contributed by atoms with Gasteiger partial charge >= 0.3 is 5.97 Å². The van der Waals surface area contributed by atoms with Crippen molar-refractivity contribution in [2.45, 2.75) is 25.3 Å². The zero-order valence-electron chi connectivity index (χ0n) is 16.0. The molecule has 29 heavy (non-hydrogen) atoms. The van der Waals surface area contributed by atoms with Gasteiger partial charge in [-0.05, 0) is 54.7 Å². The van der Waals surface area contributed by atoms with Crippen LogP contribution < -0.4 is 9.96 Å². The third kappa shape index (κ3) is 3.42. The number of quaternary nitrogens is 1. The fraction of sp³-hybridized carbons (Fsp3) is 0.318. The first-order valence-corrected chi connectivity index (χ1v) is 9.61. The average Bonchev–Trinajstić information content (AvgIpc) is 3.22. The highest BCUT2D eigenvalue weighted by molar-refractivity contribution is 5.88. The number of fused-ring (bicyclic) bond motifs is 2. The molecule has 1 aromatic carbocycles. The Kier molecular flexibility index (Phi) is 5.16. The van der Waals surface area contributed by atoms with E-state index in [1.165, 1.54) is 11.1 Å². The lowest BCUT2D eigenvalue weighted by atomic mass is 9.87. The molecule has 0 radical (unpaired) electrons. The van der Waals surface area contributed by atoms with Gasteiger partial charge in [-0.25, -0.2) is 4.79 Å². The van der Waals surface area contributed by atoms with Crippen LogP contribution >= 0.6 is 0 Å². The summed E-state index contributed by atoms with van der Waals surface area (Å²) in [5.41, 5.74) is 5.05. The van der Waals surface area contributed by atoms with Crippen molar-refractivity contribution in [3.05, 3.63) is 69.7 Å². The molecule has 0 fully saturated rings. The third-order valence-electron chi connectivity index (χ3n) is 5.74. The van der Waals surface area contributed by atoms with Crippen LogP contribution in [0.1, 0.15) is 29.6 Å². The Morgan fingerprint density at radius 3 is 2.76 bits per heavy atom. The maximum absolute atomic E-state index is 12.8.